The molecule has 1 rings (SSSR count). The van der Waals surface area contributed by atoms with Crippen molar-refractivity contribution >= 4 is 5.97 Å². The van der Waals surface area contributed by atoms with Crippen LogP contribution in [0.1, 0.15) is 64.6 Å². The maximum absolute atomic E-state index is 11.2. The van der Waals surface area contributed by atoms with Gasteiger partial charge in [-0.15, -0.1) is 0 Å². The van der Waals surface area contributed by atoms with Gasteiger partial charge in [-0.05, 0) is 51.8 Å². The molecule has 0 aromatic carbocycles. The third-order valence-corrected chi connectivity index (χ3v) is 3.59. The largest absolute Gasteiger partial charge is 0.466 e. The number of hydrogen-bond acceptors (Lipinski definition) is 3. The van der Waals surface area contributed by atoms with Gasteiger partial charge in [0.05, 0.1) is 6.61 Å². The average Bonchev–Trinajstić information content (AvgIpc) is 2.93. The van der Waals surface area contributed by atoms with Crippen LogP contribution in [-0.2, 0) is 16.1 Å². The number of carbonyl (C=O) groups excluding carboxylic acids is 1. The van der Waals surface area contributed by atoms with E-state index in [0.29, 0.717) is 19.1 Å². The number of aromatic nitrogens is 1. The number of unbranched alkanes of at least 4 members (excludes halogenated alkanes) is 2. The lowest BCUT2D eigenvalue weighted by atomic mass is 10.2. The third kappa shape index (κ3) is 6.80. The molecule has 0 aliphatic heterocycles. The first-order valence-corrected chi connectivity index (χ1v) is 8.23. The van der Waals surface area contributed by atoms with E-state index in [0.717, 1.165) is 38.8 Å². The average molecular weight is 294 g/mol. The van der Waals surface area contributed by atoms with Crippen molar-refractivity contribution in [3.8, 4) is 0 Å². The van der Waals surface area contributed by atoms with Gasteiger partial charge in [-0.2, -0.15) is 0 Å². The van der Waals surface area contributed by atoms with E-state index in [1.165, 1.54) is 5.69 Å². The molecule has 4 heteroatoms. The maximum atomic E-state index is 11.2. The summed E-state index contributed by atoms with van der Waals surface area (Å²) in [6, 6.07) is 4.68. The molecule has 0 amide bonds. The fourth-order valence-corrected chi connectivity index (χ4v) is 2.45. The molecule has 1 N–H and O–H groups in total. The normalized spacial score (nSPS) is 12.3. The number of rotatable bonds is 11. The van der Waals surface area contributed by atoms with Gasteiger partial charge < -0.3 is 14.6 Å². The van der Waals surface area contributed by atoms with Crippen molar-refractivity contribution < 1.29 is 9.53 Å². The van der Waals surface area contributed by atoms with E-state index in [1.54, 1.807) is 0 Å². The van der Waals surface area contributed by atoms with E-state index >= 15 is 0 Å². The summed E-state index contributed by atoms with van der Waals surface area (Å²) in [6.07, 6.45) is 6.92. The Kier molecular flexibility index (Phi) is 8.83. The van der Waals surface area contributed by atoms with E-state index in [4.69, 9.17) is 4.74 Å². The van der Waals surface area contributed by atoms with E-state index in [9.17, 15) is 4.79 Å². The molecule has 0 aliphatic rings. The van der Waals surface area contributed by atoms with Crippen molar-refractivity contribution in [2.45, 2.75) is 65.5 Å². The van der Waals surface area contributed by atoms with Crippen LogP contribution in [0.25, 0.3) is 0 Å². The summed E-state index contributed by atoms with van der Waals surface area (Å²) in [5.41, 5.74) is 1.34. The Morgan fingerprint density at radius 3 is 2.86 bits per heavy atom. The molecular weight excluding hydrogens is 264 g/mol. The van der Waals surface area contributed by atoms with Crippen LogP contribution in [0.4, 0.5) is 0 Å². The topological polar surface area (TPSA) is 43.3 Å². The third-order valence-electron chi connectivity index (χ3n) is 3.59. The van der Waals surface area contributed by atoms with E-state index in [1.807, 2.05) is 6.92 Å². The van der Waals surface area contributed by atoms with Gasteiger partial charge in [-0.1, -0.05) is 13.3 Å². The fourth-order valence-electron chi connectivity index (χ4n) is 2.45. The van der Waals surface area contributed by atoms with E-state index in [2.05, 4.69) is 42.1 Å². The molecule has 0 spiro atoms. The van der Waals surface area contributed by atoms with Crippen LogP contribution in [0.15, 0.2) is 18.3 Å². The Balaban J connectivity index is 2.26. The van der Waals surface area contributed by atoms with Crippen molar-refractivity contribution in [3.05, 3.63) is 24.0 Å². The van der Waals surface area contributed by atoms with Crippen LogP contribution in [0.5, 0.6) is 0 Å². The molecule has 120 valence electrons. The molecule has 1 aromatic heterocycles. The molecule has 4 nitrogen and oxygen atoms in total. The molecule has 0 saturated heterocycles. The summed E-state index contributed by atoms with van der Waals surface area (Å²) in [4.78, 5) is 11.2. The smallest absolute Gasteiger partial charge is 0.305 e. The van der Waals surface area contributed by atoms with Gasteiger partial charge >= 0.3 is 5.97 Å². The summed E-state index contributed by atoms with van der Waals surface area (Å²) in [6.45, 7) is 8.78. The molecular formula is C17H30N2O2. The number of hydrogen-bond donors (Lipinski definition) is 1. The molecule has 0 fully saturated rings. The predicted molar refractivity (Wildman–Crippen MR) is 86.2 cm³/mol. The molecule has 1 atom stereocenters. The van der Waals surface area contributed by atoms with Crippen LogP contribution in [0.2, 0.25) is 0 Å². The molecule has 0 bridgehead atoms. The Morgan fingerprint density at radius 2 is 2.14 bits per heavy atom. The number of carbonyl (C=O) groups is 1. The second kappa shape index (κ2) is 10.4. The summed E-state index contributed by atoms with van der Waals surface area (Å²) >= 11 is 0. The zero-order valence-electron chi connectivity index (χ0n) is 13.7. The molecule has 21 heavy (non-hydrogen) atoms. The quantitative estimate of drug-likeness (QED) is 0.500. The first-order valence-electron chi connectivity index (χ1n) is 8.23. The highest BCUT2D eigenvalue weighted by Crippen LogP contribution is 2.15. The number of esters is 1. The van der Waals surface area contributed by atoms with Crippen LogP contribution in [0, 0.1) is 0 Å². The van der Waals surface area contributed by atoms with Crippen molar-refractivity contribution in [2.24, 2.45) is 0 Å². The van der Waals surface area contributed by atoms with Gasteiger partial charge in [0.1, 0.15) is 0 Å². The van der Waals surface area contributed by atoms with Gasteiger partial charge in [0, 0.05) is 30.9 Å². The molecule has 1 heterocycles. The van der Waals surface area contributed by atoms with Crippen LogP contribution >= 0.6 is 0 Å². The van der Waals surface area contributed by atoms with Crippen LogP contribution in [0.3, 0.4) is 0 Å². The fraction of sp³-hybridized carbons (Fsp3) is 0.706. The summed E-state index contributed by atoms with van der Waals surface area (Å²) < 4.78 is 7.25. The van der Waals surface area contributed by atoms with Gasteiger partial charge in [0.25, 0.3) is 0 Å². The van der Waals surface area contributed by atoms with Crippen molar-refractivity contribution in [2.75, 3.05) is 13.2 Å². The second-order valence-corrected chi connectivity index (χ2v) is 5.42. The number of ether oxygens (including phenoxy) is 1. The van der Waals surface area contributed by atoms with Crippen molar-refractivity contribution in [1.82, 2.24) is 9.88 Å². The standard InChI is InChI=1S/C17H30N2O2/c1-4-12-18-15(3)16-10-9-14-19(16)13-8-6-7-11-17(20)21-5-2/h9-10,14-15,18H,4-8,11-13H2,1-3H3. The van der Waals surface area contributed by atoms with Gasteiger partial charge in [0.2, 0.25) is 0 Å². The molecule has 0 saturated carbocycles. The molecule has 0 aliphatic carbocycles. The van der Waals surface area contributed by atoms with Crippen molar-refractivity contribution in [3.63, 3.8) is 0 Å². The number of nitrogens with one attached hydrogen (secondary N) is 1. The minimum absolute atomic E-state index is 0.0726. The van der Waals surface area contributed by atoms with Gasteiger partial charge in [-0.3, -0.25) is 4.79 Å². The Bertz CT molecular complexity index is 401. The Morgan fingerprint density at radius 1 is 1.33 bits per heavy atom. The molecule has 1 unspecified atom stereocenters. The monoisotopic (exact) mass is 294 g/mol. The first-order chi connectivity index (χ1) is 10.2. The van der Waals surface area contributed by atoms with Crippen LogP contribution < -0.4 is 5.32 Å². The van der Waals surface area contributed by atoms with E-state index in [-0.39, 0.29) is 5.97 Å². The second-order valence-electron chi connectivity index (χ2n) is 5.42. The number of nitrogens with zero attached hydrogens (tertiary/aromatic N) is 1. The lowest BCUT2D eigenvalue weighted by molar-refractivity contribution is -0.143. The van der Waals surface area contributed by atoms with Crippen LogP contribution in [-0.4, -0.2) is 23.7 Å². The zero-order valence-corrected chi connectivity index (χ0v) is 13.7. The highest BCUT2D eigenvalue weighted by molar-refractivity contribution is 5.69. The Labute approximate surface area is 128 Å². The highest BCUT2D eigenvalue weighted by atomic mass is 16.5. The minimum Gasteiger partial charge on any atom is -0.466 e. The highest BCUT2D eigenvalue weighted by Gasteiger charge is 2.08. The zero-order chi connectivity index (χ0) is 15.5. The summed E-state index contributed by atoms with van der Waals surface area (Å²) in [5, 5.41) is 3.52. The minimum atomic E-state index is -0.0726. The summed E-state index contributed by atoms with van der Waals surface area (Å²) in [5.74, 6) is -0.0726. The lowest BCUT2D eigenvalue weighted by Gasteiger charge is -2.17. The first kappa shape index (κ1) is 17.8. The SMILES string of the molecule is CCCNC(C)c1cccn1CCCCCC(=O)OCC. The predicted octanol–water partition coefficient (Wildman–Crippen LogP) is 3.67. The van der Waals surface area contributed by atoms with E-state index < -0.39 is 0 Å². The van der Waals surface area contributed by atoms with Crippen molar-refractivity contribution in [1.29, 1.82) is 0 Å². The molecule has 1 aromatic rings. The number of aryl methyl sites for hydroxylation is 1. The van der Waals surface area contributed by atoms with Gasteiger partial charge in [-0.25, -0.2) is 0 Å². The maximum Gasteiger partial charge on any atom is 0.305 e. The molecule has 0 radical (unpaired) electrons. The van der Waals surface area contributed by atoms with Gasteiger partial charge in [0.15, 0.2) is 0 Å². The summed E-state index contributed by atoms with van der Waals surface area (Å²) in [7, 11) is 0. The lowest BCUT2D eigenvalue weighted by Crippen LogP contribution is -2.21. The Hall–Kier alpha value is -1.29.